The predicted molar refractivity (Wildman–Crippen MR) is 56.9 cm³/mol. The number of nitrogens with zero attached hydrogens (tertiary/aromatic N) is 2. The normalized spacial score (nSPS) is 10.1. The van der Waals surface area contributed by atoms with Crippen molar-refractivity contribution < 1.29 is 0 Å². The van der Waals surface area contributed by atoms with Gasteiger partial charge in [0.05, 0.1) is 5.69 Å². The third kappa shape index (κ3) is 1.51. The van der Waals surface area contributed by atoms with E-state index in [2.05, 4.69) is 42.2 Å². The second-order valence-electron chi connectivity index (χ2n) is 3.38. The van der Waals surface area contributed by atoms with Gasteiger partial charge in [0, 0.05) is 11.8 Å². The van der Waals surface area contributed by atoms with Crippen molar-refractivity contribution in [2.24, 2.45) is 0 Å². The quantitative estimate of drug-likeness (QED) is 0.681. The first-order chi connectivity index (χ1) is 6.79. The van der Waals surface area contributed by atoms with Crippen molar-refractivity contribution in [3.63, 3.8) is 0 Å². The number of aryl methyl sites for hydroxylation is 2. The molecule has 0 N–H and O–H groups in total. The summed E-state index contributed by atoms with van der Waals surface area (Å²) in [6.45, 7) is 4.19. The molecule has 14 heavy (non-hydrogen) atoms. The van der Waals surface area contributed by atoms with Crippen LogP contribution in [0.25, 0.3) is 11.3 Å². The monoisotopic (exact) mass is 184 g/mol. The van der Waals surface area contributed by atoms with Crippen LogP contribution >= 0.6 is 0 Å². The number of hydrogen-bond acceptors (Lipinski definition) is 2. The van der Waals surface area contributed by atoms with Crippen LogP contribution in [-0.2, 0) is 0 Å². The predicted octanol–water partition coefficient (Wildman–Crippen LogP) is 2.76. The van der Waals surface area contributed by atoms with Crippen LogP contribution in [0.1, 0.15) is 11.1 Å². The van der Waals surface area contributed by atoms with E-state index in [0.717, 1.165) is 5.69 Å². The third-order valence-electron chi connectivity index (χ3n) is 2.31. The molecule has 0 fully saturated rings. The maximum atomic E-state index is 4.12. The van der Waals surface area contributed by atoms with Crippen molar-refractivity contribution in [3.8, 4) is 11.3 Å². The highest BCUT2D eigenvalue weighted by Gasteiger charge is 2.05. The molecule has 70 valence electrons. The molecule has 0 aliphatic carbocycles. The first-order valence-electron chi connectivity index (χ1n) is 4.63. The van der Waals surface area contributed by atoms with E-state index in [1.165, 1.54) is 16.7 Å². The first-order valence-corrected chi connectivity index (χ1v) is 4.63. The summed E-state index contributed by atoms with van der Waals surface area (Å²) >= 11 is 0. The van der Waals surface area contributed by atoms with Crippen LogP contribution < -0.4 is 0 Å². The molecule has 0 aliphatic rings. The molecule has 0 bridgehead atoms. The van der Waals surface area contributed by atoms with Crippen LogP contribution in [0.2, 0.25) is 0 Å². The Labute approximate surface area is 83.6 Å². The molecule has 1 heterocycles. The Kier molecular flexibility index (Phi) is 2.27. The average Bonchev–Trinajstić information content (AvgIpc) is 2.19. The minimum absolute atomic E-state index is 0.947. The van der Waals surface area contributed by atoms with Gasteiger partial charge in [0.2, 0.25) is 0 Å². The molecule has 0 atom stereocenters. The van der Waals surface area contributed by atoms with Crippen molar-refractivity contribution in [2.75, 3.05) is 0 Å². The van der Waals surface area contributed by atoms with E-state index in [0.29, 0.717) is 0 Å². The number of benzene rings is 1. The second kappa shape index (κ2) is 3.58. The van der Waals surface area contributed by atoms with Crippen molar-refractivity contribution >= 4 is 0 Å². The SMILES string of the molecule is Cc1cccc(C)c1-c1cccnn1. The first kappa shape index (κ1) is 8.88. The van der Waals surface area contributed by atoms with E-state index in [9.17, 15) is 0 Å². The van der Waals surface area contributed by atoms with Gasteiger partial charge in [-0.15, -0.1) is 0 Å². The van der Waals surface area contributed by atoms with Gasteiger partial charge in [-0.25, -0.2) is 0 Å². The van der Waals surface area contributed by atoms with Gasteiger partial charge in [-0.1, -0.05) is 18.2 Å². The third-order valence-corrected chi connectivity index (χ3v) is 2.31. The molecular formula is C12H12N2. The van der Waals surface area contributed by atoms with E-state index in [1.807, 2.05) is 12.1 Å². The summed E-state index contributed by atoms with van der Waals surface area (Å²) in [5.41, 5.74) is 4.62. The molecule has 2 nitrogen and oxygen atoms in total. The molecule has 0 saturated carbocycles. The van der Waals surface area contributed by atoms with Gasteiger partial charge in [-0.05, 0) is 37.1 Å². The van der Waals surface area contributed by atoms with Crippen molar-refractivity contribution in [3.05, 3.63) is 47.7 Å². The number of hydrogen-bond donors (Lipinski definition) is 0. The fourth-order valence-corrected chi connectivity index (χ4v) is 1.65. The zero-order chi connectivity index (χ0) is 9.97. The second-order valence-corrected chi connectivity index (χ2v) is 3.38. The Hall–Kier alpha value is -1.70. The zero-order valence-corrected chi connectivity index (χ0v) is 8.36. The van der Waals surface area contributed by atoms with Gasteiger partial charge in [0.15, 0.2) is 0 Å². The summed E-state index contributed by atoms with van der Waals surface area (Å²) in [7, 11) is 0. The minimum atomic E-state index is 0.947. The highest BCUT2D eigenvalue weighted by molar-refractivity contribution is 5.66. The van der Waals surface area contributed by atoms with E-state index < -0.39 is 0 Å². The van der Waals surface area contributed by atoms with Crippen LogP contribution in [0.15, 0.2) is 36.5 Å². The van der Waals surface area contributed by atoms with Crippen LogP contribution in [0.5, 0.6) is 0 Å². The molecule has 0 amide bonds. The maximum absolute atomic E-state index is 4.12. The van der Waals surface area contributed by atoms with Crippen molar-refractivity contribution in [2.45, 2.75) is 13.8 Å². The summed E-state index contributed by atoms with van der Waals surface area (Å²) < 4.78 is 0. The lowest BCUT2D eigenvalue weighted by atomic mass is 10.0. The Morgan fingerprint density at radius 3 is 2.21 bits per heavy atom. The molecule has 2 rings (SSSR count). The molecular weight excluding hydrogens is 172 g/mol. The Balaban J connectivity index is 2.63. The van der Waals surface area contributed by atoms with Crippen molar-refractivity contribution in [1.29, 1.82) is 0 Å². The summed E-state index contributed by atoms with van der Waals surface area (Å²) in [6.07, 6.45) is 1.69. The Bertz CT molecular complexity index is 415. The molecule has 0 spiro atoms. The van der Waals surface area contributed by atoms with E-state index >= 15 is 0 Å². The zero-order valence-electron chi connectivity index (χ0n) is 8.36. The van der Waals surface area contributed by atoms with E-state index in [4.69, 9.17) is 0 Å². The highest BCUT2D eigenvalue weighted by Crippen LogP contribution is 2.24. The lowest BCUT2D eigenvalue weighted by Crippen LogP contribution is -1.91. The maximum Gasteiger partial charge on any atom is 0.0934 e. The van der Waals surface area contributed by atoms with Gasteiger partial charge < -0.3 is 0 Å². The lowest BCUT2D eigenvalue weighted by Gasteiger charge is -2.07. The van der Waals surface area contributed by atoms with Crippen LogP contribution in [0, 0.1) is 13.8 Å². The number of rotatable bonds is 1. The van der Waals surface area contributed by atoms with Gasteiger partial charge in [-0.3, -0.25) is 0 Å². The average molecular weight is 184 g/mol. The summed E-state index contributed by atoms with van der Waals surface area (Å²) in [5, 5.41) is 8.01. The molecule has 1 aromatic carbocycles. The fourth-order valence-electron chi connectivity index (χ4n) is 1.65. The molecule has 0 aliphatic heterocycles. The number of aromatic nitrogens is 2. The van der Waals surface area contributed by atoms with Crippen LogP contribution in [-0.4, -0.2) is 10.2 Å². The molecule has 1 aromatic heterocycles. The standard InChI is InChI=1S/C12H12N2/c1-9-5-3-6-10(2)12(9)11-7-4-8-13-14-11/h3-8H,1-2H3. The van der Waals surface area contributed by atoms with Crippen LogP contribution in [0.3, 0.4) is 0 Å². The van der Waals surface area contributed by atoms with Gasteiger partial charge >= 0.3 is 0 Å². The highest BCUT2D eigenvalue weighted by atomic mass is 15.1. The molecule has 2 heteroatoms. The van der Waals surface area contributed by atoms with E-state index in [1.54, 1.807) is 6.20 Å². The Morgan fingerprint density at radius 2 is 1.64 bits per heavy atom. The molecule has 0 saturated heterocycles. The summed E-state index contributed by atoms with van der Waals surface area (Å²) in [4.78, 5) is 0. The van der Waals surface area contributed by atoms with E-state index in [-0.39, 0.29) is 0 Å². The van der Waals surface area contributed by atoms with Crippen molar-refractivity contribution in [1.82, 2.24) is 10.2 Å². The van der Waals surface area contributed by atoms with Crippen LogP contribution in [0.4, 0.5) is 0 Å². The smallest absolute Gasteiger partial charge is 0.0934 e. The van der Waals surface area contributed by atoms with Gasteiger partial charge in [0.1, 0.15) is 0 Å². The van der Waals surface area contributed by atoms with Gasteiger partial charge in [0.25, 0.3) is 0 Å². The molecule has 0 radical (unpaired) electrons. The largest absolute Gasteiger partial charge is 0.159 e. The summed E-state index contributed by atoms with van der Waals surface area (Å²) in [5.74, 6) is 0. The Morgan fingerprint density at radius 1 is 0.929 bits per heavy atom. The minimum Gasteiger partial charge on any atom is -0.159 e. The fraction of sp³-hybridized carbons (Fsp3) is 0.167. The molecule has 2 aromatic rings. The van der Waals surface area contributed by atoms with Gasteiger partial charge in [-0.2, -0.15) is 10.2 Å². The summed E-state index contributed by atoms with van der Waals surface area (Å²) in [6, 6.07) is 10.1. The lowest BCUT2D eigenvalue weighted by molar-refractivity contribution is 1.03. The molecule has 0 unspecified atom stereocenters. The topological polar surface area (TPSA) is 25.8 Å².